The largest absolute Gasteiger partial charge is 0.368 e. The Bertz CT molecular complexity index is 1310. The van der Waals surface area contributed by atoms with Crippen molar-refractivity contribution in [2.75, 3.05) is 31.1 Å². The van der Waals surface area contributed by atoms with Crippen molar-refractivity contribution in [3.8, 4) is 12.1 Å². The highest BCUT2D eigenvalue weighted by atomic mass is 32.2. The van der Waals surface area contributed by atoms with E-state index in [2.05, 4.69) is 33.8 Å². The van der Waals surface area contributed by atoms with Gasteiger partial charge in [-0.05, 0) is 24.0 Å². The first-order valence-corrected chi connectivity index (χ1v) is 14.5. The zero-order valence-corrected chi connectivity index (χ0v) is 23.1. The van der Waals surface area contributed by atoms with Crippen molar-refractivity contribution in [3.05, 3.63) is 69.2 Å². The summed E-state index contributed by atoms with van der Waals surface area (Å²) in [5.74, 6) is 0.0937. The number of aromatic nitrogens is 2. The van der Waals surface area contributed by atoms with Gasteiger partial charge in [-0.3, -0.25) is 14.7 Å². The molecule has 1 saturated heterocycles. The summed E-state index contributed by atoms with van der Waals surface area (Å²) in [6.45, 7) is 6.05. The van der Waals surface area contributed by atoms with Crippen LogP contribution >= 0.6 is 23.1 Å². The smallest absolute Gasteiger partial charge is 0.235 e. The molecule has 38 heavy (non-hydrogen) atoms. The fourth-order valence-corrected chi connectivity index (χ4v) is 6.33. The first kappa shape index (κ1) is 27.6. The number of nitrogens with two attached hydrogens (primary N) is 1. The second-order valence-corrected chi connectivity index (χ2v) is 11.3. The predicted molar refractivity (Wildman–Crippen MR) is 151 cm³/mol. The highest BCUT2D eigenvalue weighted by Gasteiger charge is 2.29. The molecule has 0 bridgehead atoms. The maximum atomic E-state index is 12.5. The Kier molecular flexibility index (Phi) is 9.72. The quantitative estimate of drug-likeness (QED) is 0.273. The molecule has 1 amide bonds. The maximum absolute atomic E-state index is 12.5. The number of carbonyl (C=O) groups is 1. The third-order valence-corrected chi connectivity index (χ3v) is 8.65. The molecule has 1 fully saturated rings. The number of hydrogen-bond acceptors (Lipinski definition) is 9. The zero-order chi connectivity index (χ0) is 26.9. The number of rotatable bonds is 11. The number of piperazine rings is 1. The minimum Gasteiger partial charge on any atom is -0.368 e. The van der Waals surface area contributed by atoms with Gasteiger partial charge >= 0.3 is 0 Å². The molecule has 0 spiro atoms. The van der Waals surface area contributed by atoms with E-state index in [1.807, 2.05) is 42.0 Å². The van der Waals surface area contributed by atoms with Gasteiger partial charge in [0.25, 0.3) is 0 Å². The van der Waals surface area contributed by atoms with Gasteiger partial charge in [0.1, 0.15) is 28.2 Å². The molecule has 2 N–H and O–H groups in total. The molecule has 1 aliphatic rings. The van der Waals surface area contributed by atoms with E-state index in [1.165, 1.54) is 16.6 Å². The van der Waals surface area contributed by atoms with Crippen LogP contribution in [0, 0.1) is 22.7 Å². The Hall–Kier alpha value is -3.44. The van der Waals surface area contributed by atoms with Crippen molar-refractivity contribution in [2.24, 2.45) is 5.73 Å². The molecule has 1 aliphatic heterocycles. The van der Waals surface area contributed by atoms with Crippen LogP contribution in [0.15, 0.2) is 47.1 Å². The number of benzene rings is 1. The van der Waals surface area contributed by atoms with Crippen molar-refractivity contribution >= 4 is 34.8 Å². The Balaban J connectivity index is 1.69. The fraction of sp³-hybridized carbons (Fsp3) is 0.393. The van der Waals surface area contributed by atoms with Crippen LogP contribution < -0.4 is 10.6 Å². The van der Waals surface area contributed by atoms with E-state index >= 15 is 0 Å². The lowest BCUT2D eigenvalue weighted by Crippen LogP contribution is -2.46. The van der Waals surface area contributed by atoms with Crippen LogP contribution in [0.2, 0.25) is 0 Å². The average Bonchev–Trinajstić information content (AvgIpc) is 3.45. The molecular formula is C28H31N7OS2. The number of amides is 1. The van der Waals surface area contributed by atoms with Crippen molar-refractivity contribution in [1.29, 1.82) is 10.5 Å². The molecule has 4 rings (SSSR count). The van der Waals surface area contributed by atoms with Crippen molar-refractivity contribution < 1.29 is 4.79 Å². The lowest BCUT2D eigenvalue weighted by molar-refractivity contribution is -0.117. The highest BCUT2D eigenvalue weighted by molar-refractivity contribution is 8.00. The number of pyridine rings is 1. The van der Waals surface area contributed by atoms with Gasteiger partial charge in [0.2, 0.25) is 5.91 Å². The number of nitrogens with zero attached hydrogens (tertiary/aromatic N) is 6. The van der Waals surface area contributed by atoms with Crippen LogP contribution in [0.3, 0.4) is 0 Å². The molecule has 0 radical (unpaired) electrons. The molecule has 1 aromatic carbocycles. The summed E-state index contributed by atoms with van der Waals surface area (Å²) in [6.07, 6.45) is 5.42. The second kappa shape index (κ2) is 13.4. The summed E-state index contributed by atoms with van der Waals surface area (Å²) in [7, 11) is 0. The van der Waals surface area contributed by atoms with Gasteiger partial charge in [-0.1, -0.05) is 61.9 Å². The van der Waals surface area contributed by atoms with E-state index in [4.69, 9.17) is 10.7 Å². The summed E-state index contributed by atoms with van der Waals surface area (Å²) in [5.41, 5.74) is 9.97. The lowest BCUT2D eigenvalue weighted by Gasteiger charge is -2.36. The van der Waals surface area contributed by atoms with Crippen LogP contribution in [-0.2, 0) is 17.8 Å². The SMILES string of the molecule is CCCCCc1c(C#N)c(SC(C(N)=O)c2ccccc2)nc(N2CCN(Cc3cncs3)CC2)c1C#N. The van der Waals surface area contributed by atoms with Gasteiger partial charge in [0.05, 0.1) is 16.6 Å². The molecule has 3 heterocycles. The van der Waals surface area contributed by atoms with Crippen LogP contribution in [0.4, 0.5) is 5.82 Å². The van der Waals surface area contributed by atoms with E-state index in [0.29, 0.717) is 41.5 Å². The van der Waals surface area contributed by atoms with E-state index in [1.54, 1.807) is 11.3 Å². The number of thiazole rings is 1. The lowest BCUT2D eigenvalue weighted by atomic mass is 9.98. The van der Waals surface area contributed by atoms with Crippen LogP contribution in [-0.4, -0.2) is 47.0 Å². The molecule has 196 valence electrons. The van der Waals surface area contributed by atoms with Crippen molar-refractivity contribution in [2.45, 2.75) is 49.4 Å². The summed E-state index contributed by atoms with van der Waals surface area (Å²) >= 11 is 2.85. The number of primary amides is 1. The van der Waals surface area contributed by atoms with E-state index in [-0.39, 0.29) is 0 Å². The Morgan fingerprint density at radius 1 is 1.13 bits per heavy atom. The van der Waals surface area contributed by atoms with Gasteiger partial charge in [0.15, 0.2) is 0 Å². The number of unbranched alkanes of at least 4 members (excludes halogenated alkanes) is 2. The second-order valence-electron chi connectivity index (χ2n) is 9.19. The zero-order valence-electron chi connectivity index (χ0n) is 21.5. The summed E-state index contributed by atoms with van der Waals surface area (Å²) < 4.78 is 0. The highest BCUT2D eigenvalue weighted by Crippen LogP contribution is 2.40. The molecule has 10 heteroatoms. The number of hydrogen-bond donors (Lipinski definition) is 1. The van der Waals surface area contributed by atoms with Gasteiger partial charge in [0, 0.05) is 43.8 Å². The molecule has 8 nitrogen and oxygen atoms in total. The Morgan fingerprint density at radius 2 is 1.87 bits per heavy atom. The monoisotopic (exact) mass is 545 g/mol. The molecule has 3 aromatic rings. The Morgan fingerprint density at radius 3 is 2.47 bits per heavy atom. The van der Waals surface area contributed by atoms with Gasteiger partial charge in [-0.15, -0.1) is 11.3 Å². The minimum atomic E-state index is -0.698. The van der Waals surface area contributed by atoms with Gasteiger partial charge in [-0.2, -0.15) is 10.5 Å². The number of carbonyl (C=O) groups excluding carboxylic acids is 1. The molecule has 1 atom stereocenters. The number of nitriles is 2. The van der Waals surface area contributed by atoms with Gasteiger partial charge < -0.3 is 10.6 Å². The summed E-state index contributed by atoms with van der Waals surface area (Å²) in [5, 5.41) is 20.2. The van der Waals surface area contributed by atoms with Crippen molar-refractivity contribution in [3.63, 3.8) is 0 Å². The first-order chi connectivity index (χ1) is 18.5. The number of thioether (sulfide) groups is 1. The normalized spacial score (nSPS) is 14.6. The van der Waals surface area contributed by atoms with Crippen LogP contribution in [0.25, 0.3) is 0 Å². The molecule has 1 unspecified atom stereocenters. The van der Waals surface area contributed by atoms with E-state index < -0.39 is 11.2 Å². The Labute approximate surface area is 232 Å². The first-order valence-electron chi connectivity index (χ1n) is 12.8. The molecule has 0 saturated carbocycles. The molecular weight excluding hydrogens is 514 g/mol. The predicted octanol–water partition coefficient (Wildman–Crippen LogP) is 4.66. The summed E-state index contributed by atoms with van der Waals surface area (Å²) in [6, 6.07) is 14.0. The molecule has 2 aromatic heterocycles. The third kappa shape index (κ3) is 6.51. The van der Waals surface area contributed by atoms with Gasteiger partial charge in [-0.25, -0.2) is 4.98 Å². The summed E-state index contributed by atoms with van der Waals surface area (Å²) in [4.78, 5) is 27.3. The fourth-order valence-electron chi connectivity index (χ4n) is 4.63. The van der Waals surface area contributed by atoms with E-state index in [9.17, 15) is 15.3 Å². The van der Waals surface area contributed by atoms with E-state index in [0.717, 1.165) is 50.0 Å². The minimum absolute atomic E-state index is 0.373. The maximum Gasteiger partial charge on any atom is 0.235 e. The standard InChI is InChI=1S/C28H31N7OS2/c1-2-3-5-10-22-23(15-29)27(35-13-11-34(12-14-35)18-21-17-32-19-37-21)33-28(24(22)16-30)38-25(26(31)36)20-8-6-4-7-9-20/h4,6-9,17,19,25H,2-3,5,10-14,18H2,1H3,(H2,31,36). The third-order valence-electron chi connectivity index (χ3n) is 6.63. The molecule has 0 aliphatic carbocycles. The van der Waals surface area contributed by atoms with Crippen molar-refractivity contribution in [1.82, 2.24) is 14.9 Å². The van der Waals surface area contributed by atoms with Crippen LogP contribution in [0.1, 0.15) is 58.6 Å². The number of anilines is 1. The topological polar surface area (TPSA) is 123 Å². The van der Waals surface area contributed by atoms with Crippen LogP contribution in [0.5, 0.6) is 0 Å². The average molecular weight is 546 g/mol.